The zero-order valence-corrected chi connectivity index (χ0v) is 13.1. The maximum atomic E-state index is 12.3. The number of carbonyl (C=O) groups excluding carboxylic acids is 1. The van der Waals surface area contributed by atoms with Crippen LogP contribution in [0.5, 0.6) is 0 Å². The van der Waals surface area contributed by atoms with Crippen LogP contribution in [0.15, 0.2) is 36.7 Å². The summed E-state index contributed by atoms with van der Waals surface area (Å²) in [5, 5.41) is 7.50. The molecule has 1 amide bonds. The van der Waals surface area contributed by atoms with Gasteiger partial charge in [-0.3, -0.25) is 14.8 Å². The highest BCUT2D eigenvalue weighted by Crippen LogP contribution is 2.18. The van der Waals surface area contributed by atoms with Crippen molar-refractivity contribution in [1.29, 1.82) is 0 Å². The van der Waals surface area contributed by atoms with E-state index >= 15 is 0 Å². The molecule has 22 heavy (non-hydrogen) atoms. The third kappa shape index (κ3) is 2.82. The number of carbonyl (C=O) groups is 1. The van der Waals surface area contributed by atoms with Gasteiger partial charge < -0.3 is 4.57 Å². The normalized spacial score (nSPS) is 12.5. The number of hydrogen-bond donors (Lipinski definition) is 1. The highest BCUT2D eigenvalue weighted by Gasteiger charge is 2.17. The molecule has 2 aromatic heterocycles. The summed E-state index contributed by atoms with van der Waals surface area (Å²) in [6, 6.07) is 7.75. The lowest BCUT2D eigenvalue weighted by Gasteiger charge is -2.12. The Morgan fingerprint density at radius 1 is 1.41 bits per heavy atom. The van der Waals surface area contributed by atoms with E-state index in [0.717, 1.165) is 11.0 Å². The Kier molecular flexibility index (Phi) is 3.85. The molecule has 0 saturated heterocycles. The Labute approximate surface area is 132 Å². The monoisotopic (exact) mass is 317 g/mol. The molecule has 2 heterocycles. The van der Waals surface area contributed by atoms with Gasteiger partial charge in [0.25, 0.3) is 0 Å². The summed E-state index contributed by atoms with van der Waals surface area (Å²) in [5.74, 6) is 0.178. The van der Waals surface area contributed by atoms with Gasteiger partial charge in [0.15, 0.2) is 0 Å². The number of aryl methyl sites for hydroxylation is 1. The minimum absolute atomic E-state index is 0.106. The van der Waals surface area contributed by atoms with Crippen LogP contribution in [0.4, 0.5) is 5.95 Å². The van der Waals surface area contributed by atoms with Crippen LogP contribution >= 0.6 is 11.6 Å². The molecule has 0 aliphatic heterocycles. The fourth-order valence-corrected chi connectivity index (χ4v) is 2.45. The van der Waals surface area contributed by atoms with Gasteiger partial charge in [0.1, 0.15) is 0 Å². The van der Waals surface area contributed by atoms with Crippen LogP contribution in [0, 0.1) is 5.92 Å². The van der Waals surface area contributed by atoms with E-state index in [0.29, 0.717) is 17.5 Å². The number of amides is 1. The van der Waals surface area contributed by atoms with E-state index in [1.54, 1.807) is 17.1 Å². The van der Waals surface area contributed by atoms with Gasteiger partial charge >= 0.3 is 0 Å². The predicted octanol–water partition coefficient (Wildman–Crippen LogP) is 2.70. The first-order valence-corrected chi connectivity index (χ1v) is 7.32. The summed E-state index contributed by atoms with van der Waals surface area (Å²) in [6.45, 7) is 2.30. The van der Waals surface area contributed by atoms with E-state index in [4.69, 9.17) is 11.6 Å². The smallest absolute Gasteiger partial charge is 0.231 e. The van der Waals surface area contributed by atoms with Crippen molar-refractivity contribution in [2.45, 2.75) is 13.5 Å². The van der Waals surface area contributed by atoms with Crippen LogP contribution in [0.1, 0.15) is 6.92 Å². The third-order valence-corrected chi connectivity index (χ3v) is 3.73. The highest BCUT2D eigenvalue weighted by atomic mass is 35.5. The zero-order chi connectivity index (χ0) is 15.7. The van der Waals surface area contributed by atoms with Crippen LogP contribution in [-0.4, -0.2) is 25.2 Å². The minimum Gasteiger partial charge on any atom is -0.313 e. The molecule has 3 rings (SSSR count). The molecule has 0 bridgehead atoms. The lowest BCUT2D eigenvalue weighted by Crippen LogP contribution is -2.25. The van der Waals surface area contributed by atoms with Gasteiger partial charge in [-0.1, -0.05) is 30.7 Å². The highest BCUT2D eigenvalue weighted by molar-refractivity contribution is 6.30. The number of hydrogen-bond acceptors (Lipinski definition) is 3. The van der Waals surface area contributed by atoms with Gasteiger partial charge in [-0.05, 0) is 12.1 Å². The van der Waals surface area contributed by atoms with E-state index in [-0.39, 0.29) is 11.8 Å². The molecular weight excluding hydrogens is 302 g/mol. The summed E-state index contributed by atoms with van der Waals surface area (Å²) < 4.78 is 3.52. The fourth-order valence-electron chi connectivity index (χ4n) is 2.29. The number of benzene rings is 1. The molecule has 0 aliphatic rings. The van der Waals surface area contributed by atoms with Crippen LogP contribution in [-0.2, 0) is 18.4 Å². The molecule has 0 radical (unpaired) electrons. The topological polar surface area (TPSA) is 64.7 Å². The van der Waals surface area contributed by atoms with Crippen molar-refractivity contribution in [3.05, 3.63) is 41.7 Å². The quantitative estimate of drug-likeness (QED) is 0.804. The first kappa shape index (κ1) is 14.6. The van der Waals surface area contributed by atoms with Crippen molar-refractivity contribution in [2.24, 2.45) is 13.0 Å². The van der Waals surface area contributed by atoms with Crippen molar-refractivity contribution in [2.75, 3.05) is 5.32 Å². The van der Waals surface area contributed by atoms with Gasteiger partial charge in [0, 0.05) is 13.2 Å². The average Bonchev–Trinajstić information content (AvgIpc) is 3.04. The van der Waals surface area contributed by atoms with E-state index in [2.05, 4.69) is 15.4 Å². The molecule has 7 heteroatoms. The second-order valence-electron chi connectivity index (χ2n) is 5.25. The average molecular weight is 318 g/mol. The lowest BCUT2D eigenvalue weighted by atomic mass is 10.1. The Morgan fingerprint density at radius 2 is 2.18 bits per heavy atom. The Morgan fingerprint density at radius 3 is 2.86 bits per heavy atom. The van der Waals surface area contributed by atoms with Gasteiger partial charge in [-0.2, -0.15) is 5.10 Å². The number of para-hydroxylation sites is 2. The summed E-state index contributed by atoms with van der Waals surface area (Å²) in [5.41, 5.74) is 1.83. The van der Waals surface area contributed by atoms with Crippen LogP contribution in [0.3, 0.4) is 0 Å². The molecular formula is C15H16ClN5O. The molecule has 6 nitrogen and oxygen atoms in total. The number of aromatic nitrogens is 4. The van der Waals surface area contributed by atoms with Crippen molar-refractivity contribution in [3.63, 3.8) is 0 Å². The summed E-state index contributed by atoms with van der Waals surface area (Å²) in [6.07, 6.45) is 3.25. The molecule has 1 N–H and O–H groups in total. The Bertz CT molecular complexity index is 822. The maximum absolute atomic E-state index is 12.3. The number of rotatable bonds is 4. The minimum atomic E-state index is -0.254. The van der Waals surface area contributed by atoms with E-state index in [1.807, 2.05) is 42.8 Å². The number of anilines is 1. The van der Waals surface area contributed by atoms with Gasteiger partial charge in [0.05, 0.1) is 34.7 Å². The van der Waals surface area contributed by atoms with Gasteiger partial charge in [-0.15, -0.1) is 0 Å². The fraction of sp³-hybridized carbons (Fsp3) is 0.267. The van der Waals surface area contributed by atoms with Crippen LogP contribution in [0.2, 0.25) is 5.02 Å². The summed E-state index contributed by atoms with van der Waals surface area (Å²) in [4.78, 5) is 16.7. The molecule has 114 valence electrons. The second-order valence-corrected chi connectivity index (χ2v) is 5.69. The predicted molar refractivity (Wildman–Crippen MR) is 85.7 cm³/mol. The molecule has 1 aromatic carbocycles. The molecule has 0 aliphatic carbocycles. The largest absolute Gasteiger partial charge is 0.313 e. The first-order valence-electron chi connectivity index (χ1n) is 6.95. The van der Waals surface area contributed by atoms with Crippen LogP contribution < -0.4 is 5.32 Å². The molecule has 1 atom stereocenters. The van der Waals surface area contributed by atoms with E-state index in [1.165, 1.54) is 0 Å². The molecule has 1 unspecified atom stereocenters. The van der Waals surface area contributed by atoms with Gasteiger partial charge in [-0.25, -0.2) is 4.98 Å². The second kappa shape index (κ2) is 5.81. The van der Waals surface area contributed by atoms with Crippen LogP contribution in [0.25, 0.3) is 11.0 Å². The van der Waals surface area contributed by atoms with E-state index < -0.39 is 0 Å². The van der Waals surface area contributed by atoms with E-state index in [9.17, 15) is 4.79 Å². The number of imidazole rings is 1. The zero-order valence-electron chi connectivity index (χ0n) is 12.3. The van der Waals surface area contributed by atoms with Crippen molar-refractivity contribution >= 4 is 34.5 Å². The number of nitrogens with one attached hydrogen (secondary N) is 1. The van der Waals surface area contributed by atoms with Crippen molar-refractivity contribution in [3.8, 4) is 0 Å². The first-order chi connectivity index (χ1) is 10.5. The maximum Gasteiger partial charge on any atom is 0.231 e. The Balaban J connectivity index is 1.73. The molecule has 0 fully saturated rings. The van der Waals surface area contributed by atoms with Crippen molar-refractivity contribution in [1.82, 2.24) is 19.3 Å². The number of halogens is 1. The third-order valence-electron chi connectivity index (χ3n) is 3.53. The molecule has 0 spiro atoms. The number of fused-ring (bicyclic) bond motifs is 1. The van der Waals surface area contributed by atoms with Crippen molar-refractivity contribution < 1.29 is 4.79 Å². The SMILES string of the molecule is CC(Cn1cc(Cl)cn1)C(=O)Nc1nc2ccccc2n1C. The summed E-state index contributed by atoms with van der Waals surface area (Å²) >= 11 is 5.82. The Hall–Kier alpha value is -2.34. The van der Waals surface area contributed by atoms with Gasteiger partial charge in [0.2, 0.25) is 11.9 Å². The molecule has 0 saturated carbocycles. The number of nitrogens with zero attached hydrogens (tertiary/aromatic N) is 4. The summed E-state index contributed by atoms with van der Waals surface area (Å²) in [7, 11) is 1.88. The lowest BCUT2D eigenvalue weighted by molar-refractivity contribution is -0.119. The standard InChI is InChI=1S/C15H16ClN5O/c1-10(8-21-9-11(16)7-17-21)14(22)19-15-18-12-5-3-4-6-13(12)20(15)2/h3-7,9-10H,8H2,1-2H3,(H,18,19,22). The molecule has 3 aromatic rings.